The molecule has 0 radical (unpaired) electrons. The van der Waals surface area contributed by atoms with E-state index >= 15 is 0 Å². The van der Waals surface area contributed by atoms with Crippen molar-refractivity contribution in [2.45, 2.75) is 63.3 Å². The maximum absolute atomic E-state index is 13.8. The number of aliphatic hydroxyl groups excluding tert-OH is 1. The molecule has 0 aromatic heterocycles. The summed E-state index contributed by atoms with van der Waals surface area (Å²) in [6.07, 6.45) is 1.57. The Balaban J connectivity index is 1.60. The van der Waals surface area contributed by atoms with Gasteiger partial charge in [-0.15, -0.1) is 0 Å². The first kappa shape index (κ1) is 24.4. The molecule has 33 heavy (non-hydrogen) atoms. The largest absolute Gasteiger partial charge is 0.466 e. The van der Waals surface area contributed by atoms with Gasteiger partial charge in [0.1, 0.15) is 17.6 Å². The van der Waals surface area contributed by atoms with E-state index in [1.165, 1.54) is 4.90 Å². The first-order valence-corrected chi connectivity index (χ1v) is 12.2. The fraction of sp³-hybridized carbons (Fsp3) is 0.870. The van der Waals surface area contributed by atoms with E-state index in [1.54, 1.807) is 6.92 Å². The lowest BCUT2D eigenvalue weighted by Gasteiger charge is -2.37. The molecule has 0 aromatic carbocycles. The molecule has 2 bridgehead atoms. The number of morpholine rings is 1. The molecule has 2 unspecified atom stereocenters. The molecule has 4 rings (SSSR count). The summed E-state index contributed by atoms with van der Waals surface area (Å²) in [6.45, 7) is 9.52. The number of carbonyl (C=O) groups is 3. The van der Waals surface area contributed by atoms with Crippen molar-refractivity contribution in [2.75, 3.05) is 52.6 Å². The minimum absolute atomic E-state index is 0.211. The molecule has 4 saturated heterocycles. The van der Waals surface area contributed by atoms with Gasteiger partial charge in [-0.25, -0.2) is 0 Å². The van der Waals surface area contributed by atoms with Crippen LogP contribution in [0.4, 0.5) is 0 Å². The predicted molar refractivity (Wildman–Crippen MR) is 117 cm³/mol. The maximum atomic E-state index is 13.8. The molecule has 4 aliphatic heterocycles. The lowest BCUT2D eigenvalue weighted by Crippen LogP contribution is -2.58. The van der Waals surface area contributed by atoms with E-state index in [1.807, 2.05) is 13.8 Å². The van der Waals surface area contributed by atoms with Gasteiger partial charge in [0.2, 0.25) is 11.8 Å². The average molecular weight is 468 g/mol. The lowest BCUT2D eigenvalue weighted by atomic mass is 9.66. The number of carbonyl (C=O) groups excluding carboxylic acids is 3. The highest BCUT2D eigenvalue weighted by Gasteiger charge is 2.78. The number of amides is 2. The van der Waals surface area contributed by atoms with Crippen molar-refractivity contribution in [1.29, 1.82) is 0 Å². The van der Waals surface area contributed by atoms with Crippen molar-refractivity contribution < 1.29 is 33.7 Å². The molecule has 4 heterocycles. The Morgan fingerprint density at radius 3 is 2.64 bits per heavy atom. The minimum Gasteiger partial charge on any atom is -0.466 e. The van der Waals surface area contributed by atoms with E-state index < -0.39 is 41.1 Å². The molecule has 0 aliphatic carbocycles. The number of likely N-dealkylation sites (tertiary alicyclic amines) is 1. The fourth-order valence-electron chi connectivity index (χ4n) is 6.32. The van der Waals surface area contributed by atoms with Crippen LogP contribution in [0.1, 0.15) is 40.0 Å². The van der Waals surface area contributed by atoms with Crippen molar-refractivity contribution in [2.24, 2.45) is 11.8 Å². The third kappa shape index (κ3) is 3.94. The summed E-state index contributed by atoms with van der Waals surface area (Å²) in [5, 5.41) is 13.0. The minimum atomic E-state index is -1.09. The summed E-state index contributed by atoms with van der Waals surface area (Å²) < 4.78 is 17.2. The van der Waals surface area contributed by atoms with Gasteiger partial charge in [-0.05, 0) is 33.1 Å². The van der Waals surface area contributed by atoms with Crippen LogP contribution in [0.25, 0.3) is 0 Å². The summed E-state index contributed by atoms with van der Waals surface area (Å²) >= 11 is 0. The summed E-state index contributed by atoms with van der Waals surface area (Å²) in [6, 6.07) is -1.41. The maximum Gasteiger partial charge on any atom is 0.312 e. The number of ether oxygens (including phenoxy) is 3. The van der Waals surface area contributed by atoms with Gasteiger partial charge in [0.15, 0.2) is 0 Å². The molecule has 10 heteroatoms. The molecule has 0 saturated carbocycles. The molecule has 2 amide bonds. The van der Waals surface area contributed by atoms with E-state index in [2.05, 4.69) is 10.2 Å². The zero-order valence-corrected chi connectivity index (χ0v) is 19.9. The van der Waals surface area contributed by atoms with Gasteiger partial charge in [-0.2, -0.15) is 0 Å². The van der Waals surface area contributed by atoms with Gasteiger partial charge in [-0.3, -0.25) is 19.3 Å². The number of fused-ring (bicyclic) bond motifs is 1. The first-order chi connectivity index (χ1) is 15.8. The van der Waals surface area contributed by atoms with Crippen molar-refractivity contribution in [1.82, 2.24) is 15.1 Å². The van der Waals surface area contributed by atoms with Crippen molar-refractivity contribution in [3.05, 3.63) is 0 Å². The molecule has 4 fully saturated rings. The van der Waals surface area contributed by atoms with Crippen LogP contribution in [0.15, 0.2) is 0 Å². The Morgan fingerprint density at radius 1 is 1.27 bits per heavy atom. The number of hydrogen-bond donors (Lipinski definition) is 2. The van der Waals surface area contributed by atoms with Crippen LogP contribution in [-0.4, -0.2) is 109 Å². The van der Waals surface area contributed by atoms with Gasteiger partial charge in [0, 0.05) is 26.2 Å². The van der Waals surface area contributed by atoms with Crippen molar-refractivity contribution in [3.63, 3.8) is 0 Å². The van der Waals surface area contributed by atoms with Crippen LogP contribution < -0.4 is 5.32 Å². The molecular formula is C23H37N3O7. The molecule has 0 aromatic rings. The smallest absolute Gasteiger partial charge is 0.312 e. The molecule has 4 aliphatic rings. The van der Waals surface area contributed by atoms with Crippen LogP contribution in [0.3, 0.4) is 0 Å². The Hall–Kier alpha value is -1.75. The van der Waals surface area contributed by atoms with E-state index in [0.717, 1.165) is 13.1 Å². The number of nitrogens with zero attached hydrogens (tertiary/aromatic N) is 2. The summed E-state index contributed by atoms with van der Waals surface area (Å²) in [7, 11) is 0. The zero-order valence-electron chi connectivity index (χ0n) is 19.9. The van der Waals surface area contributed by atoms with E-state index in [4.69, 9.17) is 14.2 Å². The van der Waals surface area contributed by atoms with Crippen LogP contribution in [0, 0.1) is 11.8 Å². The Bertz CT molecular complexity index is 769. The lowest BCUT2D eigenvalue weighted by molar-refractivity contribution is -0.160. The molecule has 6 atom stereocenters. The molecule has 10 nitrogen and oxygen atoms in total. The standard InChI is InChI=1S/C23H37N3O7/c1-4-15(14-27)26-18(19(28)24-8-9-25-10-12-31-13-11-25)23-7-6-22(3,33-23)17(16(23)20(26)29)21(30)32-5-2/h15-18,27H,4-14H2,1-3H3,(H,24,28)/t15-,16-,17-,18?,22+,23?/m0/s1. The first-order valence-electron chi connectivity index (χ1n) is 12.2. The Kier molecular flexibility index (Phi) is 7.00. The molecule has 2 N–H and O–H groups in total. The number of aliphatic hydroxyl groups is 1. The third-order valence-corrected chi connectivity index (χ3v) is 7.91. The number of hydrogen-bond acceptors (Lipinski definition) is 8. The fourth-order valence-corrected chi connectivity index (χ4v) is 6.32. The molecule has 186 valence electrons. The highest BCUT2D eigenvalue weighted by atomic mass is 16.6. The quantitative estimate of drug-likeness (QED) is 0.437. The Morgan fingerprint density at radius 2 is 2.00 bits per heavy atom. The van der Waals surface area contributed by atoms with Crippen LogP contribution in [0.5, 0.6) is 0 Å². The normalized spacial score (nSPS) is 36.7. The highest BCUT2D eigenvalue weighted by molar-refractivity contribution is 5.98. The zero-order chi connectivity index (χ0) is 23.8. The van der Waals surface area contributed by atoms with Gasteiger partial charge < -0.3 is 29.5 Å². The van der Waals surface area contributed by atoms with Crippen molar-refractivity contribution >= 4 is 17.8 Å². The second-order valence-corrected chi connectivity index (χ2v) is 9.71. The van der Waals surface area contributed by atoms with Crippen LogP contribution in [-0.2, 0) is 28.6 Å². The SMILES string of the molecule is CCOC(=O)[C@@H]1[C@H]2C(=O)N([C@@H](CC)CO)C(C(=O)NCCN3CCOCC3)C23CC[C@@]1(C)O3. The Labute approximate surface area is 194 Å². The summed E-state index contributed by atoms with van der Waals surface area (Å²) in [4.78, 5) is 44.0. The van der Waals surface area contributed by atoms with Crippen LogP contribution >= 0.6 is 0 Å². The topological polar surface area (TPSA) is 118 Å². The second kappa shape index (κ2) is 9.48. The number of nitrogens with one attached hydrogen (secondary N) is 1. The second-order valence-electron chi connectivity index (χ2n) is 9.71. The average Bonchev–Trinajstić information content (AvgIpc) is 3.37. The predicted octanol–water partition coefficient (Wildman–Crippen LogP) is -0.466. The van der Waals surface area contributed by atoms with Crippen LogP contribution in [0.2, 0.25) is 0 Å². The van der Waals surface area contributed by atoms with Gasteiger partial charge in [0.05, 0.1) is 44.0 Å². The monoisotopic (exact) mass is 467 g/mol. The van der Waals surface area contributed by atoms with Crippen molar-refractivity contribution in [3.8, 4) is 0 Å². The van der Waals surface area contributed by atoms with E-state index in [-0.39, 0.29) is 25.0 Å². The molecular weight excluding hydrogens is 430 g/mol. The van der Waals surface area contributed by atoms with Gasteiger partial charge in [-0.1, -0.05) is 6.92 Å². The third-order valence-electron chi connectivity index (χ3n) is 7.91. The summed E-state index contributed by atoms with van der Waals surface area (Å²) in [5.41, 5.74) is -1.93. The van der Waals surface area contributed by atoms with Gasteiger partial charge in [0.25, 0.3) is 0 Å². The van der Waals surface area contributed by atoms with Gasteiger partial charge >= 0.3 is 5.97 Å². The number of rotatable bonds is 9. The number of esters is 1. The highest BCUT2D eigenvalue weighted by Crippen LogP contribution is 2.63. The molecule has 1 spiro atoms. The van der Waals surface area contributed by atoms with E-state index in [0.29, 0.717) is 45.6 Å². The van der Waals surface area contributed by atoms with E-state index in [9.17, 15) is 19.5 Å². The summed E-state index contributed by atoms with van der Waals surface area (Å²) in [5.74, 6) is -2.59.